The zero-order chi connectivity index (χ0) is 22.1. The number of aliphatic hydroxyl groups excluding tert-OH is 1. The van der Waals surface area contributed by atoms with E-state index in [1.165, 1.54) is 5.69 Å². The van der Waals surface area contributed by atoms with Crippen LogP contribution in [-0.4, -0.2) is 62.3 Å². The van der Waals surface area contributed by atoms with E-state index in [2.05, 4.69) is 33.5 Å². The van der Waals surface area contributed by atoms with E-state index in [-0.39, 0.29) is 0 Å². The summed E-state index contributed by atoms with van der Waals surface area (Å²) in [5, 5.41) is 17.7. The lowest BCUT2D eigenvalue weighted by Crippen LogP contribution is -2.44. The fourth-order valence-electron chi connectivity index (χ4n) is 3.72. The van der Waals surface area contributed by atoms with Crippen LogP contribution in [0.5, 0.6) is 0 Å². The van der Waals surface area contributed by atoms with Crippen molar-refractivity contribution in [2.24, 2.45) is 4.99 Å². The number of hydrogen-bond donors (Lipinski definition) is 3. The number of nitrogens with one attached hydrogen (secondary N) is 2. The molecule has 2 aromatic rings. The SMILES string of the molecule is CCNC(=NCc1c(Cl)cccc1N1CCN(C)CC1)NCCC(O)c1ccccc1. The number of benzene rings is 2. The zero-order valence-electron chi connectivity index (χ0n) is 18.5. The number of likely N-dealkylation sites (N-methyl/N-ethyl adjacent to an activating group) is 1. The molecule has 3 N–H and O–H groups in total. The molecule has 1 fully saturated rings. The Balaban J connectivity index is 1.63. The van der Waals surface area contributed by atoms with E-state index in [1.807, 2.05) is 49.4 Å². The van der Waals surface area contributed by atoms with E-state index in [0.717, 1.165) is 54.8 Å². The third-order valence-corrected chi connectivity index (χ3v) is 5.93. The van der Waals surface area contributed by atoms with Crippen molar-refractivity contribution in [2.45, 2.75) is 26.0 Å². The van der Waals surface area contributed by atoms with Gasteiger partial charge < -0.3 is 25.5 Å². The van der Waals surface area contributed by atoms with Crippen LogP contribution in [-0.2, 0) is 6.54 Å². The van der Waals surface area contributed by atoms with Gasteiger partial charge in [0.1, 0.15) is 0 Å². The number of piperazine rings is 1. The molecule has 0 bridgehead atoms. The first-order valence-corrected chi connectivity index (χ1v) is 11.4. The van der Waals surface area contributed by atoms with Crippen LogP contribution < -0.4 is 15.5 Å². The number of anilines is 1. The van der Waals surface area contributed by atoms with Gasteiger partial charge in [0.25, 0.3) is 0 Å². The second kappa shape index (κ2) is 11.9. The molecule has 0 radical (unpaired) electrons. The summed E-state index contributed by atoms with van der Waals surface area (Å²) in [5.74, 6) is 0.729. The Morgan fingerprint density at radius 2 is 1.81 bits per heavy atom. The van der Waals surface area contributed by atoms with Crippen LogP contribution in [0.2, 0.25) is 5.02 Å². The molecule has 1 saturated heterocycles. The minimum absolute atomic E-state index is 0.496. The van der Waals surface area contributed by atoms with Crippen molar-refractivity contribution < 1.29 is 5.11 Å². The first-order valence-electron chi connectivity index (χ1n) is 11.0. The highest BCUT2D eigenvalue weighted by Gasteiger charge is 2.18. The number of hydrogen-bond acceptors (Lipinski definition) is 4. The summed E-state index contributed by atoms with van der Waals surface area (Å²) < 4.78 is 0. The molecule has 0 spiro atoms. The summed E-state index contributed by atoms with van der Waals surface area (Å²) in [6, 6.07) is 15.8. The highest BCUT2D eigenvalue weighted by molar-refractivity contribution is 6.31. The van der Waals surface area contributed by atoms with E-state index in [0.29, 0.717) is 19.5 Å². The maximum atomic E-state index is 10.4. The Kier molecular flexibility index (Phi) is 9.00. The molecule has 7 heteroatoms. The molecule has 0 saturated carbocycles. The second-order valence-corrected chi connectivity index (χ2v) is 8.27. The molecule has 0 aliphatic carbocycles. The minimum Gasteiger partial charge on any atom is -0.388 e. The Hall–Kier alpha value is -2.28. The fraction of sp³-hybridized carbons (Fsp3) is 0.458. The summed E-state index contributed by atoms with van der Waals surface area (Å²) in [6.07, 6.45) is 0.108. The summed E-state index contributed by atoms with van der Waals surface area (Å²) in [4.78, 5) is 9.52. The van der Waals surface area contributed by atoms with Gasteiger partial charge in [0.05, 0.1) is 12.6 Å². The van der Waals surface area contributed by atoms with Gasteiger partial charge in [0, 0.05) is 55.5 Å². The Morgan fingerprint density at radius 1 is 1.06 bits per heavy atom. The van der Waals surface area contributed by atoms with Crippen molar-refractivity contribution in [3.63, 3.8) is 0 Å². The number of guanidine groups is 1. The normalized spacial score (nSPS) is 16.3. The minimum atomic E-state index is -0.496. The molecule has 1 atom stereocenters. The third kappa shape index (κ3) is 6.86. The third-order valence-electron chi connectivity index (χ3n) is 5.57. The van der Waals surface area contributed by atoms with Crippen LogP contribution in [0.4, 0.5) is 5.69 Å². The van der Waals surface area contributed by atoms with Crippen LogP contribution in [0.25, 0.3) is 0 Å². The molecule has 0 amide bonds. The molecule has 1 heterocycles. The molecule has 3 rings (SSSR count). The van der Waals surface area contributed by atoms with Gasteiger partial charge in [-0.25, -0.2) is 4.99 Å². The van der Waals surface area contributed by atoms with Crippen molar-refractivity contribution in [3.05, 3.63) is 64.7 Å². The van der Waals surface area contributed by atoms with Gasteiger partial charge in [-0.15, -0.1) is 0 Å². The van der Waals surface area contributed by atoms with E-state index >= 15 is 0 Å². The maximum absolute atomic E-state index is 10.4. The van der Waals surface area contributed by atoms with Crippen molar-refractivity contribution in [1.29, 1.82) is 0 Å². The van der Waals surface area contributed by atoms with Gasteiger partial charge in [0.2, 0.25) is 0 Å². The van der Waals surface area contributed by atoms with E-state index in [1.54, 1.807) is 0 Å². The zero-order valence-corrected chi connectivity index (χ0v) is 19.3. The van der Waals surface area contributed by atoms with Crippen molar-refractivity contribution >= 4 is 23.2 Å². The van der Waals surface area contributed by atoms with Gasteiger partial charge in [0.15, 0.2) is 5.96 Å². The molecule has 1 unspecified atom stereocenters. The predicted molar refractivity (Wildman–Crippen MR) is 130 cm³/mol. The Labute approximate surface area is 190 Å². The molecule has 2 aromatic carbocycles. The molecular formula is C24H34ClN5O. The first kappa shape index (κ1) is 23.4. The summed E-state index contributed by atoms with van der Waals surface area (Å²) >= 11 is 6.57. The van der Waals surface area contributed by atoms with Crippen LogP contribution in [0.15, 0.2) is 53.5 Å². The number of nitrogens with zero attached hydrogens (tertiary/aromatic N) is 3. The maximum Gasteiger partial charge on any atom is 0.191 e. The Morgan fingerprint density at radius 3 is 2.52 bits per heavy atom. The molecule has 1 aliphatic heterocycles. The predicted octanol–water partition coefficient (Wildman–Crippen LogP) is 3.27. The first-order chi connectivity index (χ1) is 15.1. The topological polar surface area (TPSA) is 63.1 Å². The van der Waals surface area contributed by atoms with Gasteiger partial charge in [-0.1, -0.05) is 48.0 Å². The van der Waals surface area contributed by atoms with Crippen LogP contribution in [0, 0.1) is 0 Å². The van der Waals surface area contributed by atoms with Gasteiger partial charge in [-0.2, -0.15) is 0 Å². The lowest BCUT2D eigenvalue weighted by Gasteiger charge is -2.35. The van der Waals surface area contributed by atoms with E-state index < -0.39 is 6.10 Å². The molecule has 31 heavy (non-hydrogen) atoms. The quantitative estimate of drug-likeness (QED) is 0.431. The van der Waals surface area contributed by atoms with Gasteiger partial charge in [-0.05, 0) is 38.1 Å². The van der Waals surface area contributed by atoms with Gasteiger partial charge >= 0.3 is 0 Å². The van der Waals surface area contributed by atoms with Crippen LogP contribution in [0.3, 0.4) is 0 Å². The lowest BCUT2D eigenvalue weighted by molar-refractivity contribution is 0.168. The highest BCUT2D eigenvalue weighted by atomic mass is 35.5. The summed E-state index contributed by atoms with van der Waals surface area (Å²) in [7, 11) is 2.16. The number of rotatable bonds is 8. The number of aliphatic hydroxyl groups is 1. The molecule has 1 aliphatic rings. The molecular weight excluding hydrogens is 410 g/mol. The van der Waals surface area contributed by atoms with Crippen LogP contribution >= 0.6 is 11.6 Å². The van der Waals surface area contributed by atoms with Crippen LogP contribution in [0.1, 0.15) is 30.6 Å². The van der Waals surface area contributed by atoms with Crippen molar-refractivity contribution in [3.8, 4) is 0 Å². The fourth-order valence-corrected chi connectivity index (χ4v) is 3.95. The smallest absolute Gasteiger partial charge is 0.191 e. The molecule has 168 valence electrons. The standard InChI is InChI=1S/C24H34ClN5O/c1-3-26-24(27-13-12-23(31)19-8-5-4-6-9-19)28-18-20-21(25)10-7-11-22(20)30-16-14-29(2)15-17-30/h4-11,23,31H,3,12-18H2,1-2H3,(H2,26,27,28). The van der Waals surface area contributed by atoms with Crippen molar-refractivity contribution in [2.75, 3.05) is 51.2 Å². The highest BCUT2D eigenvalue weighted by Crippen LogP contribution is 2.29. The van der Waals surface area contributed by atoms with Gasteiger partial charge in [-0.3, -0.25) is 0 Å². The van der Waals surface area contributed by atoms with E-state index in [4.69, 9.17) is 16.6 Å². The monoisotopic (exact) mass is 443 g/mol. The lowest BCUT2D eigenvalue weighted by atomic mass is 10.1. The Bertz CT molecular complexity index is 837. The largest absolute Gasteiger partial charge is 0.388 e. The van der Waals surface area contributed by atoms with Crippen molar-refractivity contribution in [1.82, 2.24) is 15.5 Å². The molecule has 6 nitrogen and oxygen atoms in total. The number of halogens is 1. The summed E-state index contributed by atoms with van der Waals surface area (Å²) in [5.41, 5.74) is 3.15. The van der Waals surface area contributed by atoms with E-state index in [9.17, 15) is 5.11 Å². The average molecular weight is 444 g/mol. The average Bonchev–Trinajstić information content (AvgIpc) is 2.79. The second-order valence-electron chi connectivity index (χ2n) is 7.86. The molecule has 0 aromatic heterocycles. The number of aliphatic imine (C=N–C) groups is 1. The summed E-state index contributed by atoms with van der Waals surface area (Å²) in [6.45, 7) is 7.99.